The largest absolute Gasteiger partial charge is 0.497 e. The molecule has 0 bridgehead atoms. The first-order valence-electron chi connectivity index (χ1n) is 8.02. The van der Waals surface area contributed by atoms with Crippen molar-refractivity contribution in [2.24, 2.45) is 0 Å². The topological polar surface area (TPSA) is 52.6 Å². The molecule has 2 aromatic rings. The van der Waals surface area contributed by atoms with Gasteiger partial charge in [-0.3, -0.25) is 9.59 Å². The van der Waals surface area contributed by atoms with Crippen molar-refractivity contribution in [1.29, 1.82) is 0 Å². The van der Waals surface area contributed by atoms with Crippen LogP contribution in [0.25, 0.3) is 0 Å². The van der Waals surface area contributed by atoms with Gasteiger partial charge in [0.05, 0.1) is 14.2 Å². The second kappa shape index (κ2) is 6.87. The van der Waals surface area contributed by atoms with E-state index < -0.39 is 0 Å². The van der Waals surface area contributed by atoms with Gasteiger partial charge in [0.15, 0.2) is 11.6 Å². The van der Waals surface area contributed by atoms with E-state index >= 15 is 0 Å². The van der Waals surface area contributed by atoms with Gasteiger partial charge in [0, 0.05) is 24.0 Å². The minimum Gasteiger partial charge on any atom is -0.497 e. The van der Waals surface area contributed by atoms with Crippen molar-refractivity contribution >= 4 is 11.6 Å². The molecule has 0 radical (unpaired) electrons. The lowest BCUT2D eigenvalue weighted by Gasteiger charge is -2.01. The van der Waals surface area contributed by atoms with Crippen molar-refractivity contribution in [3.63, 3.8) is 0 Å². The molecule has 0 atom stereocenters. The summed E-state index contributed by atoms with van der Waals surface area (Å²) in [6.45, 7) is 0. The maximum atomic E-state index is 11.3. The molecule has 0 heterocycles. The van der Waals surface area contributed by atoms with Crippen LogP contribution in [0.5, 0.6) is 11.5 Å². The van der Waals surface area contributed by atoms with Crippen molar-refractivity contribution in [1.82, 2.24) is 0 Å². The number of rotatable bonds is 2. The highest BCUT2D eigenvalue weighted by molar-refractivity contribution is 6.01. The van der Waals surface area contributed by atoms with E-state index in [0.717, 1.165) is 46.6 Å². The van der Waals surface area contributed by atoms with E-state index in [1.54, 1.807) is 14.2 Å². The summed E-state index contributed by atoms with van der Waals surface area (Å²) in [7, 11) is 3.25. The van der Waals surface area contributed by atoms with E-state index in [-0.39, 0.29) is 11.6 Å². The molecule has 0 spiro atoms. The van der Waals surface area contributed by atoms with Gasteiger partial charge in [0.2, 0.25) is 0 Å². The third-order valence-corrected chi connectivity index (χ3v) is 4.47. The van der Waals surface area contributed by atoms with Gasteiger partial charge in [-0.2, -0.15) is 0 Å². The highest BCUT2D eigenvalue weighted by Crippen LogP contribution is 2.26. The molecule has 0 aliphatic heterocycles. The summed E-state index contributed by atoms with van der Waals surface area (Å²) in [5.74, 6) is 2.10. The minimum absolute atomic E-state index is 0.240. The third-order valence-electron chi connectivity index (χ3n) is 4.47. The summed E-state index contributed by atoms with van der Waals surface area (Å²) >= 11 is 0. The maximum absolute atomic E-state index is 11.3. The average molecular weight is 324 g/mol. The number of fused-ring (bicyclic) bond motifs is 2. The summed E-state index contributed by atoms with van der Waals surface area (Å²) in [5, 5.41) is 0. The summed E-state index contributed by atoms with van der Waals surface area (Å²) in [6, 6.07) is 11.3. The number of hydrogen-bond acceptors (Lipinski definition) is 4. The lowest BCUT2D eigenvalue weighted by atomic mass is 10.1. The van der Waals surface area contributed by atoms with E-state index in [2.05, 4.69) is 0 Å². The fraction of sp³-hybridized carbons (Fsp3) is 0.300. The molecule has 2 aromatic carbocycles. The van der Waals surface area contributed by atoms with Gasteiger partial charge in [-0.1, -0.05) is 6.07 Å². The molecule has 0 amide bonds. The molecule has 2 aliphatic rings. The number of carbonyl (C=O) groups is 2. The molecule has 0 saturated heterocycles. The van der Waals surface area contributed by atoms with Crippen LogP contribution < -0.4 is 9.47 Å². The average Bonchev–Trinajstić information content (AvgIpc) is 3.18. The Morgan fingerprint density at radius 2 is 1.25 bits per heavy atom. The Kier molecular flexibility index (Phi) is 4.65. The van der Waals surface area contributed by atoms with Crippen molar-refractivity contribution in [3.05, 3.63) is 58.7 Å². The Bertz CT molecular complexity index is 792. The van der Waals surface area contributed by atoms with Crippen LogP contribution in [0.4, 0.5) is 0 Å². The molecule has 0 aromatic heterocycles. The van der Waals surface area contributed by atoms with Crippen LogP contribution in [-0.4, -0.2) is 25.8 Å². The van der Waals surface area contributed by atoms with Crippen molar-refractivity contribution in [2.75, 3.05) is 14.2 Å². The first kappa shape index (κ1) is 16.2. The summed E-state index contributed by atoms with van der Waals surface area (Å²) in [6.07, 6.45) is 3.06. The Hall–Kier alpha value is -2.62. The molecule has 124 valence electrons. The van der Waals surface area contributed by atoms with Gasteiger partial charge < -0.3 is 9.47 Å². The van der Waals surface area contributed by atoms with Gasteiger partial charge in [-0.15, -0.1) is 0 Å². The quantitative estimate of drug-likeness (QED) is 0.846. The normalized spacial score (nSPS) is 14.6. The maximum Gasteiger partial charge on any atom is 0.163 e. The van der Waals surface area contributed by atoms with Gasteiger partial charge >= 0.3 is 0 Å². The Morgan fingerprint density at radius 3 is 1.96 bits per heavy atom. The van der Waals surface area contributed by atoms with E-state index in [9.17, 15) is 9.59 Å². The summed E-state index contributed by atoms with van der Waals surface area (Å²) in [5.41, 5.74) is 3.99. The molecular weight excluding hydrogens is 304 g/mol. The van der Waals surface area contributed by atoms with Crippen LogP contribution in [0.15, 0.2) is 36.4 Å². The number of Topliss-reactive ketones (excluding diaryl/α,β-unsaturated/α-hetero) is 2. The van der Waals surface area contributed by atoms with Gasteiger partial charge in [0.1, 0.15) is 11.5 Å². The van der Waals surface area contributed by atoms with Crippen LogP contribution in [0.3, 0.4) is 0 Å². The third kappa shape index (κ3) is 3.18. The second-order valence-electron chi connectivity index (χ2n) is 5.89. The molecule has 4 rings (SSSR count). The van der Waals surface area contributed by atoms with Crippen LogP contribution >= 0.6 is 0 Å². The first-order chi connectivity index (χ1) is 11.6. The summed E-state index contributed by atoms with van der Waals surface area (Å²) in [4.78, 5) is 22.5. The van der Waals surface area contributed by atoms with Crippen molar-refractivity contribution < 1.29 is 19.1 Å². The highest BCUT2D eigenvalue weighted by atomic mass is 16.5. The Morgan fingerprint density at radius 1 is 0.667 bits per heavy atom. The number of ether oxygens (including phenoxy) is 2. The van der Waals surface area contributed by atoms with E-state index in [0.29, 0.717) is 12.8 Å². The first-order valence-corrected chi connectivity index (χ1v) is 8.02. The number of carbonyl (C=O) groups excluding carboxylic acids is 2. The lowest BCUT2D eigenvalue weighted by molar-refractivity contribution is 0.0986. The molecule has 2 aliphatic carbocycles. The van der Waals surface area contributed by atoms with E-state index in [1.807, 2.05) is 36.4 Å². The van der Waals surface area contributed by atoms with Crippen molar-refractivity contribution in [3.8, 4) is 11.5 Å². The lowest BCUT2D eigenvalue weighted by Crippen LogP contribution is -1.92. The molecule has 0 saturated carbocycles. The van der Waals surface area contributed by atoms with Crippen molar-refractivity contribution in [2.45, 2.75) is 25.7 Å². The SMILES string of the molecule is COc1ccc2c(c1)C(=O)CC2.COc1ccc2c(c1)CCC2=O. The number of aryl methyl sites for hydroxylation is 2. The Balaban J connectivity index is 0.000000141. The molecule has 0 fully saturated rings. The smallest absolute Gasteiger partial charge is 0.163 e. The predicted octanol–water partition coefficient (Wildman–Crippen LogP) is 3.65. The number of hydrogen-bond donors (Lipinski definition) is 0. The van der Waals surface area contributed by atoms with Crippen LogP contribution in [-0.2, 0) is 12.8 Å². The van der Waals surface area contributed by atoms with Gasteiger partial charge in [0.25, 0.3) is 0 Å². The fourth-order valence-electron chi connectivity index (χ4n) is 3.10. The predicted molar refractivity (Wildman–Crippen MR) is 91.3 cm³/mol. The number of benzene rings is 2. The Labute approximate surface area is 141 Å². The minimum atomic E-state index is 0.240. The number of ketones is 2. The molecule has 4 nitrogen and oxygen atoms in total. The van der Waals surface area contributed by atoms with E-state index in [4.69, 9.17) is 9.47 Å². The molecule has 0 N–H and O–H groups in total. The number of methoxy groups -OCH3 is 2. The molecule has 4 heteroatoms. The van der Waals surface area contributed by atoms with Gasteiger partial charge in [-0.05, 0) is 54.3 Å². The van der Waals surface area contributed by atoms with Crippen LogP contribution in [0.1, 0.15) is 44.7 Å². The monoisotopic (exact) mass is 324 g/mol. The zero-order valence-electron chi connectivity index (χ0n) is 13.9. The summed E-state index contributed by atoms with van der Waals surface area (Å²) < 4.78 is 10.1. The molecule has 0 unspecified atom stereocenters. The molecular formula is C20H20O4. The van der Waals surface area contributed by atoms with Crippen LogP contribution in [0.2, 0.25) is 0 Å². The van der Waals surface area contributed by atoms with E-state index in [1.165, 1.54) is 0 Å². The standard InChI is InChI=1S/2C10H10O2/c1-12-8-3-4-9-7(6-8)2-5-10(9)11;1-12-8-4-2-7-3-5-10(11)9(7)6-8/h3-4,6H,2,5H2,1H3;2,4,6H,3,5H2,1H3. The second-order valence-corrected chi connectivity index (χ2v) is 5.89. The van der Waals surface area contributed by atoms with Gasteiger partial charge in [-0.25, -0.2) is 0 Å². The zero-order valence-corrected chi connectivity index (χ0v) is 13.9. The zero-order chi connectivity index (χ0) is 17.1. The fourth-order valence-corrected chi connectivity index (χ4v) is 3.10. The van der Waals surface area contributed by atoms with Crippen LogP contribution in [0, 0.1) is 0 Å². The highest BCUT2D eigenvalue weighted by Gasteiger charge is 2.20. The molecule has 24 heavy (non-hydrogen) atoms.